The van der Waals surface area contributed by atoms with E-state index in [2.05, 4.69) is 30.4 Å². The van der Waals surface area contributed by atoms with Gasteiger partial charge in [-0.25, -0.2) is 0 Å². The highest BCUT2D eigenvalue weighted by Crippen LogP contribution is 2.09. The van der Waals surface area contributed by atoms with E-state index in [0.29, 0.717) is 19.7 Å². The summed E-state index contributed by atoms with van der Waals surface area (Å²) in [5, 5.41) is 2.98. The van der Waals surface area contributed by atoms with Crippen LogP contribution in [0.3, 0.4) is 0 Å². The summed E-state index contributed by atoms with van der Waals surface area (Å²) in [6.45, 7) is 4.36. The molecule has 2 rings (SSSR count). The van der Waals surface area contributed by atoms with Crippen molar-refractivity contribution in [2.45, 2.75) is 26.6 Å². The van der Waals surface area contributed by atoms with Crippen molar-refractivity contribution in [1.82, 2.24) is 10.2 Å². The number of aryl methyl sites for hydroxylation is 1. The first-order valence-electron chi connectivity index (χ1n) is 8.15. The first-order chi connectivity index (χ1) is 11.6. The Kier molecular flexibility index (Phi) is 6.97. The number of nitrogens with zero attached hydrogens (tertiary/aromatic N) is 1. The van der Waals surface area contributed by atoms with E-state index in [0.717, 1.165) is 17.7 Å². The van der Waals surface area contributed by atoms with E-state index in [9.17, 15) is 4.79 Å². The quantitative estimate of drug-likeness (QED) is 0.811. The van der Waals surface area contributed by atoms with E-state index in [-0.39, 0.29) is 5.91 Å². The molecule has 4 nitrogen and oxygen atoms in total. The number of methoxy groups -OCH3 is 1. The first-order valence-corrected chi connectivity index (χ1v) is 8.15. The number of hydrogen-bond acceptors (Lipinski definition) is 3. The molecule has 0 aliphatic rings. The third-order valence-electron chi connectivity index (χ3n) is 3.91. The minimum atomic E-state index is 0.0308. The molecule has 0 aliphatic carbocycles. The van der Waals surface area contributed by atoms with Crippen molar-refractivity contribution >= 4 is 5.91 Å². The minimum Gasteiger partial charge on any atom is -0.380 e. The van der Waals surface area contributed by atoms with Crippen LogP contribution in [0.1, 0.15) is 22.3 Å². The Labute approximate surface area is 144 Å². The molecule has 0 radical (unpaired) electrons. The second-order valence-electron chi connectivity index (χ2n) is 6.13. The smallest absolute Gasteiger partial charge is 0.234 e. The number of ether oxygens (including phenoxy) is 1. The molecule has 0 spiro atoms. The maximum absolute atomic E-state index is 12.1. The third kappa shape index (κ3) is 5.80. The lowest BCUT2D eigenvalue weighted by atomic mass is 10.1. The summed E-state index contributed by atoms with van der Waals surface area (Å²) >= 11 is 0. The number of nitrogens with one attached hydrogen (secondary N) is 1. The summed E-state index contributed by atoms with van der Waals surface area (Å²) in [6, 6.07) is 16.3. The van der Waals surface area contributed by atoms with Gasteiger partial charge in [-0.05, 0) is 36.2 Å². The van der Waals surface area contributed by atoms with Crippen molar-refractivity contribution in [1.29, 1.82) is 0 Å². The van der Waals surface area contributed by atoms with E-state index in [1.54, 1.807) is 7.11 Å². The van der Waals surface area contributed by atoms with Gasteiger partial charge in [0.2, 0.25) is 5.91 Å². The summed E-state index contributed by atoms with van der Waals surface area (Å²) in [4.78, 5) is 14.2. The van der Waals surface area contributed by atoms with Crippen LogP contribution in [0.4, 0.5) is 0 Å². The Bertz CT molecular complexity index is 670. The summed E-state index contributed by atoms with van der Waals surface area (Å²) in [7, 11) is 3.64. The van der Waals surface area contributed by atoms with Crippen LogP contribution in [0.25, 0.3) is 0 Å². The van der Waals surface area contributed by atoms with Gasteiger partial charge in [-0.2, -0.15) is 0 Å². The van der Waals surface area contributed by atoms with E-state index in [1.807, 2.05) is 42.3 Å². The number of carbonyl (C=O) groups is 1. The number of benzene rings is 2. The fraction of sp³-hybridized carbons (Fsp3) is 0.350. The zero-order valence-electron chi connectivity index (χ0n) is 14.7. The van der Waals surface area contributed by atoms with Crippen LogP contribution < -0.4 is 5.32 Å². The van der Waals surface area contributed by atoms with Crippen molar-refractivity contribution in [2.75, 3.05) is 20.7 Å². The van der Waals surface area contributed by atoms with Crippen molar-refractivity contribution in [3.63, 3.8) is 0 Å². The molecule has 2 aromatic carbocycles. The van der Waals surface area contributed by atoms with Crippen LogP contribution in [0.15, 0.2) is 48.5 Å². The molecular formula is C20H26N2O2. The summed E-state index contributed by atoms with van der Waals surface area (Å²) in [6.07, 6.45) is 0. The van der Waals surface area contributed by atoms with Gasteiger partial charge in [0.05, 0.1) is 13.2 Å². The van der Waals surface area contributed by atoms with Crippen LogP contribution in [-0.2, 0) is 29.2 Å². The molecule has 0 bridgehead atoms. The Morgan fingerprint density at radius 2 is 1.88 bits per heavy atom. The third-order valence-corrected chi connectivity index (χ3v) is 3.91. The van der Waals surface area contributed by atoms with Crippen molar-refractivity contribution in [3.8, 4) is 0 Å². The SMILES string of the molecule is COCc1cccc(CNC(=O)CN(C)Cc2ccccc2C)c1. The van der Waals surface area contributed by atoms with Crippen LogP contribution in [0, 0.1) is 6.92 Å². The van der Waals surface area contributed by atoms with Gasteiger partial charge in [-0.15, -0.1) is 0 Å². The highest BCUT2D eigenvalue weighted by Gasteiger charge is 2.08. The fourth-order valence-corrected chi connectivity index (χ4v) is 2.63. The van der Waals surface area contributed by atoms with Crippen LogP contribution in [0.5, 0.6) is 0 Å². The van der Waals surface area contributed by atoms with Crippen molar-refractivity contribution < 1.29 is 9.53 Å². The predicted octanol–water partition coefficient (Wildman–Crippen LogP) is 2.89. The highest BCUT2D eigenvalue weighted by atomic mass is 16.5. The second kappa shape index (κ2) is 9.21. The monoisotopic (exact) mass is 326 g/mol. The molecule has 1 amide bonds. The molecule has 0 atom stereocenters. The van der Waals surface area contributed by atoms with Crippen molar-refractivity contribution in [3.05, 3.63) is 70.8 Å². The maximum Gasteiger partial charge on any atom is 0.234 e. The van der Waals surface area contributed by atoms with Crippen LogP contribution in [0.2, 0.25) is 0 Å². The molecule has 0 heterocycles. The molecule has 24 heavy (non-hydrogen) atoms. The molecule has 128 valence electrons. The number of amides is 1. The average Bonchev–Trinajstić information content (AvgIpc) is 2.56. The molecule has 0 aromatic heterocycles. The molecule has 4 heteroatoms. The molecule has 0 unspecified atom stereocenters. The van der Waals surface area contributed by atoms with Gasteiger partial charge in [0.25, 0.3) is 0 Å². The summed E-state index contributed by atoms with van der Waals surface area (Å²) in [5.41, 5.74) is 4.69. The van der Waals surface area contributed by atoms with Gasteiger partial charge in [0, 0.05) is 20.2 Å². The lowest BCUT2D eigenvalue weighted by Crippen LogP contribution is -2.34. The molecule has 0 saturated carbocycles. The van der Waals surface area contributed by atoms with Gasteiger partial charge < -0.3 is 10.1 Å². The van der Waals surface area contributed by atoms with Crippen LogP contribution in [-0.4, -0.2) is 31.5 Å². The van der Waals surface area contributed by atoms with Gasteiger partial charge in [0.15, 0.2) is 0 Å². The second-order valence-corrected chi connectivity index (χ2v) is 6.13. The number of carbonyl (C=O) groups excluding carboxylic acids is 1. The van der Waals surface area contributed by atoms with E-state index < -0.39 is 0 Å². The lowest BCUT2D eigenvalue weighted by Gasteiger charge is -2.17. The lowest BCUT2D eigenvalue weighted by molar-refractivity contribution is -0.122. The van der Waals surface area contributed by atoms with Crippen molar-refractivity contribution in [2.24, 2.45) is 0 Å². The molecule has 2 aromatic rings. The number of likely N-dealkylation sites (N-methyl/N-ethyl adjacent to an activating group) is 1. The van der Waals surface area contributed by atoms with E-state index in [4.69, 9.17) is 4.74 Å². The highest BCUT2D eigenvalue weighted by molar-refractivity contribution is 5.77. The topological polar surface area (TPSA) is 41.6 Å². The zero-order chi connectivity index (χ0) is 17.4. The van der Waals surface area contributed by atoms with Gasteiger partial charge in [-0.3, -0.25) is 9.69 Å². The first kappa shape index (κ1) is 18.2. The van der Waals surface area contributed by atoms with E-state index >= 15 is 0 Å². The Balaban J connectivity index is 1.80. The molecule has 1 N–H and O–H groups in total. The van der Waals surface area contributed by atoms with Gasteiger partial charge in [0.1, 0.15) is 0 Å². The molecule has 0 fully saturated rings. The predicted molar refractivity (Wildman–Crippen MR) is 96.5 cm³/mol. The summed E-state index contributed by atoms with van der Waals surface area (Å²) in [5.74, 6) is 0.0308. The molecule has 0 aliphatic heterocycles. The summed E-state index contributed by atoms with van der Waals surface area (Å²) < 4.78 is 5.13. The fourth-order valence-electron chi connectivity index (χ4n) is 2.63. The van der Waals surface area contributed by atoms with E-state index in [1.165, 1.54) is 11.1 Å². The Morgan fingerprint density at radius 3 is 2.62 bits per heavy atom. The van der Waals surface area contributed by atoms with Crippen LogP contribution >= 0.6 is 0 Å². The standard InChI is InChI=1S/C20H26N2O2/c1-16-7-4-5-10-19(16)13-22(2)14-20(23)21-12-17-8-6-9-18(11-17)15-24-3/h4-11H,12-15H2,1-3H3,(H,21,23). The Morgan fingerprint density at radius 1 is 1.12 bits per heavy atom. The number of hydrogen-bond donors (Lipinski definition) is 1. The molecular weight excluding hydrogens is 300 g/mol. The van der Waals surface area contributed by atoms with Gasteiger partial charge >= 0.3 is 0 Å². The van der Waals surface area contributed by atoms with Gasteiger partial charge in [-0.1, -0.05) is 48.5 Å². The maximum atomic E-state index is 12.1. The average molecular weight is 326 g/mol. The Hall–Kier alpha value is -2.17. The normalized spacial score (nSPS) is 10.8. The zero-order valence-corrected chi connectivity index (χ0v) is 14.7. The molecule has 0 saturated heterocycles. The largest absolute Gasteiger partial charge is 0.380 e. The minimum absolute atomic E-state index is 0.0308. The number of rotatable bonds is 8.